The van der Waals surface area contributed by atoms with E-state index in [1.807, 2.05) is 6.07 Å². The molecule has 0 spiro atoms. The van der Waals surface area contributed by atoms with Crippen LogP contribution in [-0.2, 0) is 14.3 Å². The molecule has 0 aliphatic rings. The first-order valence-corrected chi connectivity index (χ1v) is 24.5. The lowest BCUT2D eigenvalue weighted by atomic mass is 10.1. The summed E-state index contributed by atoms with van der Waals surface area (Å²) in [5.41, 5.74) is 0.444. The topological polar surface area (TPSA) is 103 Å². The molecule has 58 heavy (non-hydrogen) atoms. The fourth-order valence-electron chi connectivity index (χ4n) is 7.40. The Labute approximate surface area is 356 Å². The van der Waals surface area contributed by atoms with E-state index in [9.17, 15) is 14.4 Å². The van der Waals surface area contributed by atoms with Crippen LogP contribution >= 0.6 is 0 Å². The van der Waals surface area contributed by atoms with Gasteiger partial charge in [-0.05, 0) is 50.7 Å². The molecule has 1 aromatic rings. The normalized spacial score (nSPS) is 11.1. The van der Waals surface area contributed by atoms with Crippen LogP contribution in [0.25, 0.3) is 0 Å². The van der Waals surface area contributed by atoms with E-state index in [4.69, 9.17) is 14.2 Å². The van der Waals surface area contributed by atoms with Crippen LogP contribution in [0.3, 0.4) is 0 Å². The lowest BCUT2D eigenvalue weighted by Crippen LogP contribution is -2.23. The second-order valence-corrected chi connectivity index (χ2v) is 16.7. The summed E-state index contributed by atoms with van der Waals surface area (Å²) in [7, 11) is 1.39. The van der Waals surface area contributed by atoms with Crippen LogP contribution in [0.1, 0.15) is 243 Å². The average Bonchev–Trinajstić information content (AvgIpc) is 3.23. The molecule has 0 bridgehead atoms. The number of esters is 1. The van der Waals surface area contributed by atoms with Gasteiger partial charge < -0.3 is 24.8 Å². The summed E-state index contributed by atoms with van der Waals surface area (Å²) < 4.78 is 17.0. The van der Waals surface area contributed by atoms with Crippen molar-refractivity contribution in [3.05, 3.63) is 23.8 Å². The van der Waals surface area contributed by atoms with Crippen LogP contribution in [0.2, 0.25) is 0 Å². The van der Waals surface area contributed by atoms with Crippen molar-refractivity contribution in [1.29, 1.82) is 0 Å². The standard InChI is InChI=1S/C50H90N2O6/c1-4-6-8-10-12-18-24-30-36-48(53)52-39-33-27-21-15-17-23-29-35-41-58-47-43-45(50(55)56-3)42-46(44-47)57-40-34-28-22-16-14-19-25-31-37-49(54)51-38-32-26-20-13-11-9-7-5-2/h42-44H,4-41H2,1-3H3,(H,51,54)(H,52,53). The first-order valence-electron chi connectivity index (χ1n) is 24.5. The second-order valence-electron chi connectivity index (χ2n) is 16.7. The third-order valence-electron chi connectivity index (χ3n) is 11.1. The fraction of sp³-hybridized carbons (Fsp3) is 0.820. The third-order valence-corrected chi connectivity index (χ3v) is 11.1. The number of nitrogens with one attached hydrogen (secondary N) is 2. The van der Waals surface area contributed by atoms with Gasteiger partial charge in [0.1, 0.15) is 11.5 Å². The molecule has 0 aliphatic heterocycles. The number of ether oxygens (including phenoxy) is 3. The summed E-state index contributed by atoms with van der Waals surface area (Å²) in [5.74, 6) is 1.32. The molecule has 2 amide bonds. The Kier molecular flexibility index (Phi) is 37.6. The highest BCUT2D eigenvalue weighted by Crippen LogP contribution is 2.25. The Hall–Kier alpha value is -2.77. The van der Waals surface area contributed by atoms with Gasteiger partial charge in [-0.2, -0.15) is 0 Å². The quantitative estimate of drug-likeness (QED) is 0.0503. The zero-order chi connectivity index (χ0) is 42.0. The van der Waals surface area contributed by atoms with Crippen LogP contribution in [0.5, 0.6) is 11.5 Å². The van der Waals surface area contributed by atoms with Gasteiger partial charge in [-0.15, -0.1) is 0 Å². The number of hydrogen-bond acceptors (Lipinski definition) is 6. The predicted octanol–water partition coefficient (Wildman–Crippen LogP) is 13.8. The molecular formula is C50H90N2O6. The van der Waals surface area contributed by atoms with Crippen molar-refractivity contribution in [3.63, 3.8) is 0 Å². The Morgan fingerprint density at radius 3 is 1.07 bits per heavy atom. The molecule has 0 heterocycles. The van der Waals surface area contributed by atoms with Crippen LogP contribution in [0.15, 0.2) is 18.2 Å². The molecule has 0 saturated heterocycles. The maximum atomic E-state index is 12.3. The number of rotatable bonds is 43. The molecular weight excluding hydrogens is 725 g/mol. The SMILES string of the molecule is CCCCCCCCCCNC(=O)CCCCCCCCCCOc1cc(OCCCCCCCCCCNC(=O)CCCCCCCCCC)cc(C(=O)OC)c1. The number of unbranched alkanes of at least 4 members (excludes halogenated alkanes) is 28. The van der Waals surface area contributed by atoms with Crippen molar-refractivity contribution < 1.29 is 28.6 Å². The van der Waals surface area contributed by atoms with Gasteiger partial charge in [0.05, 0.1) is 25.9 Å². The summed E-state index contributed by atoms with van der Waals surface area (Å²) in [6.45, 7) is 7.35. The van der Waals surface area contributed by atoms with Crippen molar-refractivity contribution in [1.82, 2.24) is 10.6 Å². The average molecular weight is 815 g/mol. The van der Waals surface area contributed by atoms with Crippen molar-refractivity contribution >= 4 is 17.8 Å². The first-order chi connectivity index (χ1) is 28.5. The van der Waals surface area contributed by atoms with E-state index in [-0.39, 0.29) is 11.8 Å². The number of benzene rings is 1. The summed E-state index contributed by atoms with van der Waals surface area (Å²) in [6.07, 6.45) is 39.9. The van der Waals surface area contributed by atoms with Gasteiger partial charge in [0.2, 0.25) is 11.8 Å². The zero-order valence-electron chi connectivity index (χ0n) is 38.1. The minimum absolute atomic E-state index is 0.214. The molecule has 0 radical (unpaired) electrons. The number of hydrogen-bond donors (Lipinski definition) is 2. The van der Waals surface area contributed by atoms with Crippen LogP contribution in [0, 0.1) is 0 Å². The van der Waals surface area contributed by atoms with Crippen molar-refractivity contribution in [3.8, 4) is 11.5 Å². The highest BCUT2D eigenvalue weighted by Gasteiger charge is 2.11. The Balaban J connectivity index is 2.04. The summed E-state index contributed by atoms with van der Waals surface area (Å²) in [5, 5.41) is 6.20. The van der Waals surface area contributed by atoms with E-state index in [1.165, 1.54) is 155 Å². The van der Waals surface area contributed by atoms with Gasteiger partial charge in [0.25, 0.3) is 0 Å². The molecule has 0 atom stereocenters. The lowest BCUT2D eigenvalue weighted by Gasteiger charge is -2.12. The van der Waals surface area contributed by atoms with E-state index in [0.717, 1.165) is 70.9 Å². The Bertz CT molecular complexity index is 1110. The summed E-state index contributed by atoms with van der Waals surface area (Å²) >= 11 is 0. The zero-order valence-corrected chi connectivity index (χ0v) is 38.1. The molecule has 336 valence electrons. The minimum atomic E-state index is -0.393. The summed E-state index contributed by atoms with van der Waals surface area (Å²) in [4.78, 5) is 36.5. The molecule has 1 rings (SSSR count). The van der Waals surface area contributed by atoms with Gasteiger partial charge in [-0.3, -0.25) is 9.59 Å². The van der Waals surface area contributed by atoms with Crippen molar-refractivity contribution in [2.45, 2.75) is 232 Å². The van der Waals surface area contributed by atoms with Crippen LogP contribution < -0.4 is 20.1 Å². The first kappa shape index (κ1) is 53.2. The molecule has 8 heteroatoms. The smallest absolute Gasteiger partial charge is 0.338 e. The molecule has 0 fully saturated rings. The predicted molar refractivity (Wildman–Crippen MR) is 243 cm³/mol. The van der Waals surface area contributed by atoms with Gasteiger partial charge in [-0.25, -0.2) is 4.79 Å². The largest absolute Gasteiger partial charge is 0.493 e. The third kappa shape index (κ3) is 34.1. The number of methoxy groups -OCH3 is 1. The maximum Gasteiger partial charge on any atom is 0.338 e. The molecule has 0 saturated carbocycles. The highest BCUT2D eigenvalue weighted by atomic mass is 16.5. The Morgan fingerprint density at radius 1 is 0.414 bits per heavy atom. The molecule has 8 nitrogen and oxygen atoms in total. The minimum Gasteiger partial charge on any atom is -0.493 e. The van der Waals surface area contributed by atoms with Crippen molar-refractivity contribution in [2.24, 2.45) is 0 Å². The van der Waals surface area contributed by atoms with Crippen LogP contribution in [0.4, 0.5) is 0 Å². The fourth-order valence-corrected chi connectivity index (χ4v) is 7.40. The molecule has 0 unspecified atom stereocenters. The number of amides is 2. The van der Waals surface area contributed by atoms with E-state index < -0.39 is 5.97 Å². The van der Waals surface area contributed by atoms with Crippen LogP contribution in [-0.4, -0.2) is 51.2 Å². The molecule has 2 N–H and O–H groups in total. The van der Waals surface area contributed by atoms with E-state index in [1.54, 1.807) is 12.1 Å². The van der Waals surface area contributed by atoms with E-state index in [0.29, 0.717) is 43.1 Å². The van der Waals surface area contributed by atoms with Gasteiger partial charge in [0.15, 0.2) is 0 Å². The molecule has 1 aromatic carbocycles. The van der Waals surface area contributed by atoms with Gasteiger partial charge in [0, 0.05) is 32.0 Å². The lowest BCUT2D eigenvalue weighted by molar-refractivity contribution is -0.122. The van der Waals surface area contributed by atoms with Gasteiger partial charge >= 0.3 is 5.97 Å². The van der Waals surface area contributed by atoms with Gasteiger partial charge in [-0.1, -0.05) is 181 Å². The van der Waals surface area contributed by atoms with E-state index >= 15 is 0 Å². The molecule has 0 aliphatic carbocycles. The monoisotopic (exact) mass is 815 g/mol. The number of carbonyl (C=O) groups is 3. The highest BCUT2D eigenvalue weighted by molar-refractivity contribution is 5.90. The van der Waals surface area contributed by atoms with E-state index in [2.05, 4.69) is 24.5 Å². The maximum absolute atomic E-state index is 12.3. The second kappa shape index (κ2) is 41.0. The van der Waals surface area contributed by atoms with Crippen molar-refractivity contribution in [2.75, 3.05) is 33.4 Å². The summed E-state index contributed by atoms with van der Waals surface area (Å²) in [6, 6.07) is 5.35. The Morgan fingerprint density at radius 2 is 0.724 bits per heavy atom. The number of carbonyl (C=O) groups excluding carboxylic acids is 3. The molecule has 0 aromatic heterocycles.